The van der Waals surface area contributed by atoms with Crippen LogP contribution < -0.4 is 5.73 Å². The number of pyridine rings is 1. The molecule has 3 heterocycles. The number of carbonyl (C=O) groups is 2. The summed E-state index contributed by atoms with van der Waals surface area (Å²) < 4.78 is 32.1. The number of piperidine rings is 1. The fraction of sp³-hybridized carbons (Fsp3) is 0.393. The Morgan fingerprint density at radius 3 is 2.58 bits per heavy atom. The van der Waals surface area contributed by atoms with Crippen molar-refractivity contribution in [2.45, 2.75) is 50.4 Å². The van der Waals surface area contributed by atoms with Crippen LogP contribution in [0.3, 0.4) is 0 Å². The van der Waals surface area contributed by atoms with Gasteiger partial charge in [0.05, 0.1) is 35.9 Å². The highest BCUT2D eigenvalue weighted by molar-refractivity contribution is 5.95. The van der Waals surface area contributed by atoms with Gasteiger partial charge in [-0.15, -0.1) is 0 Å². The third-order valence-electron chi connectivity index (χ3n) is 7.52. The largest absolute Gasteiger partial charge is 0.365 e. The Hall–Kier alpha value is -3.97. The number of benzene rings is 1. The molecule has 8 nitrogen and oxygen atoms in total. The van der Waals surface area contributed by atoms with Crippen LogP contribution in [0.1, 0.15) is 47.3 Å². The molecule has 2 atom stereocenters. The van der Waals surface area contributed by atoms with Crippen molar-refractivity contribution in [2.75, 3.05) is 13.1 Å². The lowest BCUT2D eigenvalue weighted by atomic mass is 9.83. The van der Waals surface area contributed by atoms with Gasteiger partial charge in [-0.1, -0.05) is 36.4 Å². The average Bonchev–Trinajstić information content (AvgIpc) is 3.67. The number of nitrogens with two attached hydrogens (primary N) is 1. The predicted molar refractivity (Wildman–Crippen MR) is 135 cm³/mol. The number of halogens is 2. The highest BCUT2D eigenvalue weighted by atomic mass is 19.1. The number of aromatic nitrogens is 3. The summed E-state index contributed by atoms with van der Waals surface area (Å²) in [4.78, 5) is 30.3. The summed E-state index contributed by atoms with van der Waals surface area (Å²) in [5.41, 5.74) is 6.15. The van der Waals surface area contributed by atoms with Crippen LogP contribution in [0.4, 0.5) is 8.78 Å². The minimum absolute atomic E-state index is 0.0207. The number of carbonyl (C=O) groups excluding carboxylic acids is 2. The first-order valence-corrected chi connectivity index (χ1v) is 12.7. The number of rotatable bonds is 9. The van der Waals surface area contributed by atoms with Crippen molar-refractivity contribution < 1.29 is 18.4 Å². The minimum Gasteiger partial charge on any atom is -0.365 e. The Morgan fingerprint density at radius 2 is 1.95 bits per heavy atom. The van der Waals surface area contributed by atoms with Gasteiger partial charge >= 0.3 is 0 Å². The molecule has 2 unspecified atom stereocenters. The molecule has 0 bridgehead atoms. The molecule has 1 aromatic carbocycles. The zero-order valence-electron chi connectivity index (χ0n) is 20.8. The molecule has 5 rings (SSSR count). The Kier molecular flexibility index (Phi) is 7.04. The number of hydrogen-bond donors (Lipinski definition) is 1. The lowest BCUT2D eigenvalue weighted by Crippen LogP contribution is -2.54. The molecule has 2 aliphatic rings. The van der Waals surface area contributed by atoms with Gasteiger partial charge in [-0.25, -0.2) is 9.37 Å². The van der Waals surface area contributed by atoms with Crippen molar-refractivity contribution in [3.05, 3.63) is 71.4 Å². The summed E-state index contributed by atoms with van der Waals surface area (Å²) in [6.45, 7) is 0.456. The van der Waals surface area contributed by atoms with E-state index >= 15 is 4.39 Å². The molecule has 0 radical (unpaired) electrons. The summed E-state index contributed by atoms with van der Waals surface area (Å²) in [6, 6.07) is 14.7. The number of ketones is 1. The van der Waals surface area contributed by atoms with Gasteiger partial charge in [0.15, 0.2) is 0 Å². The van der Waals surface area contributed by atoms with Crippen LogP contribution in [0.2, 0.25) is 0 Å². The molecule has 1 saturated carbocycles. The first-order chi connectivity index (χ1) is 18.3. The van der Waals surface area contributed by atoms with Crippen molar-refractivity contribution in [3.63, 3.8) is 0 Å². The van der Waals surface area contributed by atoms with Crippen LogP contribution >= 0.6 is 0 Å². The van der Waals surface area contributed by atoms with E-state index in [4.69, 9.17) is 5.73 Å². The molecule has 10 heteroatoms. The summed E-state index contributed by atoms with van der Waals surface area (Å²) >= 11 is 0. The van der Waals surface area contributed by atoms with Gasteiger partial charge < -0.3 is 5.73 Å². The first kappa shape index (κ1) is 25.7. The molecule has 1 saturated heterocycles. The SMILES string of the molecule is N#CCC1(n2cc(C(N)=O)c(CC(=O)C3CC3)n2)CCN(Cc2ccc(-c3ccccc3)nc2F)CC1F. The monoisotopic (exact) mass is 518 g/mol. The number of Topliss-reactive ketones (excluding diaryl/α,β-unsaturated/α-hetero) is 1. The number of hydrogen-bond acceptors (Lipinski definition) is 6. The molecule has 3 aromatic rings. The number of likely N-dealkylation sites (tertiary alicyclic amines) is 1. The van der Waals surface area contributed by atoms with E-state index in [0.717, 1.165) is 18.4 Å². The van der Waals surface area contributed by atoms with Crippen molar-refractivity contribution in [1.29, 1.82) is 5.26 Å². The fourth-order valence-corrected chi connectivity index (χ4v) is 5.10. The summed E-state index contributed by atoms with van der Waals surface area (Å²) in [5, 5.41) is 14.0. The van der Waals surface area contributed by atoms with Gasteiger partial charge in [-0.3, -0.25) is 19.2 Å². The van der Waals surface area contributed by atoms with Crippen molar-refractivity contribution in [2.24, 2.45) is 11.7 Å². The van der Waals surface area contributed by atoms with Gasteiger partial charge in [-0.05, 0) is 25.3 Å². The van der Waals surface area contributed by atoms with Gasteiger partial charge in [0, 0.05) is 42.9 Å². The van der Waals surface area contributed by atoms with Crippen LogP contribution in [0.5, 0.6) is 0 Å². The average molecular weight is 519 g/mol. The molecule has 2 N–H and O–H groups in total. The van der Waals surface area contributed by atoms with Crippen molar-refractivity contribution in [3.8, 4) is 17.3 Å². The second kappa shape index (κ2) is 10.4. The highest BCUT2D eigenvalue weighted by Gasteiger charge is 2.47. The maximum absolute atomic E-state index is 15.9. The van der Waals surface area contributed by atoms with Gasteiger partial charge in [-0.2, -0.15) is 14.8 Å². The van der Waals surface area contributed by atoms with E-state index in [-0.39, 0.29) is 55.3 Å². The molecular formula is C28H28F2N6O2. The van der Waals surface area contributed by atoms with Gasteiger partial charge in [0.1, 0.15) is 17.5 Å². The minimum atomic E-state index is -1.54. The number of nitrogens with zero attached hydrogens (tertiary/aromatic N) is 5. The molecule has 1 amide bonds. The zero-order chi connectivity index (χ0) is 26.9. The Morgan fingerprint density at radius 1 is 1.18 bits per heavy atom. The molecular weight excluding hydrogens is 490 g/mol. The second-order valence-electron chi connectivity index (χ2n) is 10.1. The van der Waals surface area contributed by atoms with E-state index in [0.29, 0.717) is 17.8 Å². The van der Waals surface area contributed by atoms with Crippen LogP contribution in [-0.2, 0) is 23.3 Å². The number of primary amides is 1. The Labute approximate surface area is 219 Å². The maximum atomic E-state index is 15.9. The first-order valence-electron chi connectivity index (χ1n) is 12.7. The molecule has 1 aliphatic heterocycles. The van der Waals surface area contributed by atoms with Crippen molar-refractivity contribution in [1.82, 2.24) is 19.7 Å². The number of nitriles is 1. The Balaban J connectivity index is 1.34. The maximum Gasteiger partial charge on any atom is 0.252 e. The molecule has 2 aromatic heterocycles. The van der Waals surface area contributed by atoms with Crippen LogP contribution in [-0.4, -0.2) is 50.6 Å². The van der Waals surface area contributed by atoms with E-state index in [1.807, 2.05) is 30.3 Å². The zero-order valence-corrected chi connectivity index (χ0v) is 20.8. The summed E-state index contributed by atoms with van der Waals surface area (Å²) in [6.07, 6.45) is 1.43. The fourth-order valence-electron chi connectivity index (χ4n) is 5.10. The van der Waals surface area contributed by atoms with Crippen molar-refractivity contribution >= 4 is 11.7 Å². The highest BCUT2D eigenvalue weighted by Crippen LogP contribution is 2.37. The molecule has 0 spiro atoms. The third kappa shape index (κ3) is 5.07. The topological polar surface area (TPSA) is 118 Å². The van der Waals surface area contributed by atoms with E-state index in [1.165, 1.54) is 10.9 Å². The number of amides is 1. The smallest absolute Gasteiger partial charge is 0.252 e. The van der Waals surface area contributed by atoms with Crippen LogP contribution in [0.15, 0.2) is 48.7 Å². The molecule has 1 aliphatic carbocycles. The van der Waals surface area contributed by atoms with E-state index in [1.54, 1.807) is 17.0 Å². The lowest BCUT2D eigenvalue weighted by molar-refractivity contribution is -0.119. The van der Waals surface area contributed by atoms with E-state index < -0.39 is 23.6 Å². The van der Waals surface area contributed by atoms with E-state index in [9.17, 15) is 19.2 Å². The standard InChI is InChI=1S/C28H28F2N6O2/c29-25-17-35(15-20-8-9-22(33-26(20)30)18-4-2-1-3-5-18)13-11-28(25,10-12-31)36-16-21(27(32)38)23(34-36)14-24(37)19-6-7-19/h1-5,8-9,16,19,25H,6-7,10-11,13-15,17H2,(H2,32,38). The lowest BCUT2D eigenvalue weighted by Gasteiger charge is -2.43. The van der Waals surface area contributed by atoms with Gasteiger partial charge in [0.2, 0.25) is 5.95 Å². The van der Waals surface area contributed by atoms with E-state index in [2.05, 4.69) is 16.2 Å². The Bertz CT molecular complexity index is 1400. The van der Waals surface area contributed by atoms with Crippen LogP contribution in [0.25, 0.3) is 11.3 Å². The summed E-state index contributed by atoms with van der Waals surface area (Å²) in [7, 11) is 0. The quantitative estimate of drug-likeness (QED) is 0.433. The molecule has 38 heavy (non-hydrogen) atoms. The summed E-state index contributed by atoms with van der Waals surface area (Å²) in [5.74, 6) is -1.41. The molecule has 2 fully saturated rings. The normalized spacial score (nSPS) is 21.7. The van der Waals surface area contributed by atoms with Gasteiger partial charge in [0.25, 0.3) is 5.91 Å². The second-order valence-corrected chi connectivity index (χ2v) is 10.1. The third-order valence-corrected chi connectivity index (χ3v) is 7.52. The number of alkyl halides is 1. The predicted octanol–water partition coefficient (Wildman–Crippen LogP) is 3.56. The van der Waals surface area contributed by atoms with Crippen LogP contribution in [0, 0.1) is 23.2 Å². The molecule has 196 valence electrons.